The Labute approximate surface area is 118 Å². The van der Waals surface area contributed by atoms with Crippen LogP contribution in [0.4, 0.5) is 10.1 Å². The summed E-state index contributed by atoms with van der Waals surface area (Å²) >= 11 is 0. The van der Waals surface area contributed by atoms with Gasteiger partial charge in [0, 0.05) is 24.8 Å². The van der Waals surface area contributed by atoms with Crippen molar-refractivity contribution in [3.8, 4) is 0 Å². The Hall–Kier alpha value is -1.62. The molecule has 1 heterocycles. The third-order valence-electron chi connectivity index (χ3n) is 4.04. The second-order valence-corrected chi connectivity index (χ2v) is 5.08. The summed E-state index contributed by atoms with van der Waals surface area (Å²) in [5.74, 6) is -1.89. The van der Waals surface area contributed by atoms with Gasteiger partial charge in [0.05, 0.1) is 5.56 Å². The zero-order valence-electron chi connectivity index (χ0n) is 12.0. The smallest absolute Gasteiger partial charge is 0.338 e. The van der Waals surface area contributed by atoms with Crippen LogP contribution < -0.4 is 4.90 Å². The minimum absolute atomic E-state index is 0.270. The van der Waals surface area contributed by atoms with Crippen LogP contribution in [0.3, 0.4) is 0 Å². The molecule has 1 aromatic carbocycles. The molecule has 0 aromatic heterocycles. The van der Waals surface area contributed by atoms with Crippen LogP contribution in [0.25, 0.3) is 0 Å². The first-order valence-electron chi connectivity index (χ1n) is 7.08. The van der Waals surface area contributed by atoms with Gasteiger partial charge in [0.2, 0.25) is 0 Å². The van der Waals surface area contributed by atoms with Crippen LogP contribution in [-0.4, -0.2) is 48.2 Å². The van der Waals surface area contributed by atoms with Crippen LogP contribution in [0, 0.1) is 5.82 Å². The van der Waals surface area contributed by atoms with Crippen LogP contribution >= 0.6 is 0 Å². The highest BCUT2D eigenvalue weighted by atomic mass is 19.1. The third kappa shape index (κ3) is 2.93. The van der Waals surface area contributed by atoms with E-state index in [-0.39, 0.29) is 5.56 Å². The van der Waals surface area contributed by atoms with Crippen molar-refractivity contribution in [1.29, 1.82) is 0 Å². The Kier molecular flexibility index (Phi) is 4.60. The number of benzene rings is 1. The summed E-state index contributed by atoms with van der Waals surface area (Å²) < 4.78 is 13.7. The molecule has 5 heteroatoms. The molecule has 1 unspecified atom stereocenters. The van der Waals surface area contributed by atoms with E-state index >= 15 is 0 Å². The summed E-state index contributed by atoms with van der Waals surface area (Å²) in [6.45, 7) is 8.07. The second-order valence-electron chi connectivity index (χ2n) is 5.08. The van der Waals surface area contributed by atoms with Crippen LogP contribution in [0.1, 0.15) is 30.6 Å². The first-order valence-corrected chi connectivity index (χ1v) is 7.08. The molecule has 2 rings (SSSR count). The Morgan fingerprint density at radius 2 is 2.15 bits per heavy atom. The van der Waals surface area contributed by atoms with Crippen molar-refractivity contribution in [2.24, 2.45) is 0 Å². The van der Waals surface area contributed by atoms with Gasteiger partial charge in [0.15, 0.2) is 0 Å². The molecule has 20 heavy (non-hydrogen) atoms. The zero-order chi connectivity index (χ0) is 14.7. The zero-order valence-corrected chi connectivity index (χ0v) is 12.0. The lowest BCUT2D eigenvalue weighted by Gasteiger charge is -2.26. The molecule has 1 aromatic rings. The predicted molar refractivity (Wildman–Crippen MR) is 76.9 cm³/mol. The predicted octanol–water partition coefficient (Wildman–Crippen LogP) is 2.44. The van der Waals surface area contributed by atoms with Gasteiger partial charge >= 0.3 is 5.97 Å². The van der Waals surface area contributed by atoms with Gasteiger partial charge < -0.3 is 10.0 Å². The lowest BCUT2D eigenvalue weighted by atomic mass is 10.2. The fourth-order valence-corrected chi connectivity index (χ4v) is 2.89. The minimum atomic E-state index is -1.23. The molecule has 0 spiro atoms. The fraction of sp³-hybridized carbons (Fsp3) is 0.533. The topological polar surface area (TPSA) is 43.8 Å². The van der Waals surface area contributed by atoms with Crippen LogP contribution in [0.2, 0.25) is 0 Å². The number of aromatic carboxylic acids is 1. The van der Waals surface area contributed by atoms with E-state index in [9.17, 15) is 9.18 Å². The normalized spacial score (nSPS) is 18.8. The van der Waals surface area contributed by atoms with Crippen molar-refractivity contribution in [2.45, 2.75) is 26.3 Å². The van der Waals surface area contributed by atoms with Gasteiger partial charge in [-0.3, -0.25) is 4.90 Å². The number of carboxylic acids is 1. The number of carbonyl (C=O) groups is 1. The van der Waals surface area contributed by atoms with E-state index in [4.69, 9.17) is 5.11 Å². The van der Waals surface area contributed by atoms with Gasteiger partial charge in [-0.15, -0.1) is 0 Å². The molecule has 1 aliphatic heterocycles. The maximum Gasteiger partial charge on any atom is 0.338 e. The number of rotatable bonds is 5. The largest absolute Gasteiger partial charge is 0.478 e. The lowest BCUT2D eigenvalue weighted by molar-refractivity contribution is 0.0692. The molecular formula is C15H21FN2O2. The van der Waals surface area contributed by atoms with Gasteiger partial charge in [0.1, 0.15) is 5.82 Å². The highest BCUT2D eigenvalue weighted by Crippen LogP contribution is 2.25. The van der Waals surface area contributed by atoms with Gasteiger partial charge in [0.25, 0.3) is 0 Å². The fourth-order valence-electron chi connectivity index (χ4n) is 2.89. The highest BCUT2D eigenvalue weighted by molar-refractivity contribution is 5.88. The summed E-state index contributed by atoms with van der Waals surface area (Å²) in [6.07, 6.45) is 1.06. The molecule has 0 saturated carbocycles. The van der Waals surface area contributed by atoms with E-state index in [2.05, 4.69) is 23.6 Å². The average Bonchev–Trinajstić information content (AvgIpc) is 2.89. The number of nitrogens with zero attached hydrogens (tertiary/aromatic N) is 2. The van der Waals surface area contributed by atoms with Crippen molar-refractivity contribution in [3.05, 3.63) is 29.6 Å². The Balaban J connectivity index is 2.10. The summed E-state index contributed by atoms with van der Waals surface area (Å²) in [5.41, 5.74) is 0.496. The average molecular weight is 280 g/mol. The Morgan fingerprint density at radius 3 is 2.70 bits per heavy atom. The molecule has 4 nitrogen and oxygen atoms in total. The molecule has 1 saturated heterocycles. The maximum atomic E-state index is 13.7. The highest BCUT2D eigenvalue weighted by Gasteiger charge is 2.26. The maximum absolute atomic E-state index is 13.7. The van der Waals surface area contributed by atoms with Crippen molar-refractivity contribution in [3.63, 3.8) is 0 Å². The standard InChI is InChI=1S/C15H21FN2O2/c1-3-17(4-2)12-7-8-18(10-12)11-5-6-13(15(19)20)14(16)9-11/h5-6,9,12H,3-4,7-8,10H2,1-2H3,(H,19,20). The molecule has 0 bridgehead atoms. The number of hydrogen-bond donors (Lipinski definition) is 1. The lowest BCUT2D eigenvalue weighted by Crippen LogP contribution is -2.37. The number of anilines is 1. The number of likely N-dealkylation sites (N-methyl/N-ethyl adjacent to an activating group) is 1. The second kappa shape index (κ2) is 6.22. The Morgan fingerprint density at radius 1 is 1.45 bits per heavy atom. The van der Waals surface area contributed by atoms with E-state index in [1.165, 1.54) is 12.1 Å². The number of carboxylic acid groups (broad SMARTS) is 1. The van der Waals surface area contributed by atoms with E-state index in [1.54, 1.807) is 6.07 Å². The minimum Gasteiger partial charge on any atom is -0.478 e. The van der Waals surface area contributed by atoms with E-state index in [1.807, 2.05) is 0 Å². The SMILES string of the molecule is CCN(CC)C1CCN(c2ccc(C(=O)O)c(F)c2)C1. The molecule has 0 radical (unpaired) electrons. The monoisotopic (exact) mass is 280 g/mol. The third-order valence-corrected chi connectivity index (χ3v) is 4.04. The van der Waals surface area contributed by atoms with Crippen molar-refractivity contribution in [2.75, 3.05) is 31.1 Å². The van der Waals surface area contributed by atoms with E-state index in [0.717, 1.165) is 38.3 Å². The quantitative estimate of drug-likeness (QED) is 0.899. The number of halogens is 1. The molecule has 110 valence electrons. The van der Waals surface area contributed by atoms with Crippen LogP contribution in [-0.2, 0) is 0 Å². The van der Waals surface area contributed by atoms with Crippen LogP contribution in [0.5, 0.6) is 0 Å². The van der Waals surface area contributed by atoms with Gasteiger partial charge in [-0.2, -0.15) is 0 Å². The summed E-state index contributed by atoms with van der Waals surface area (Å²) in [4.78, 5) is 15.3. The molecular weight excluding hydrogens is 259 g/mol. The van der Waals surface area contributed by atoms with Crippen molar-refractivity contribution < 1.29 is 14.3 Å². The first kappa shape index (κ1) is 14.8. The molecule has 1 atom stereocenters. The van der Waals surface area contributed by atoms with Gasteiger partial charge in [-0.05, 0) is 37.7 Å². The first-order chi connectivity index (χ1) is 9.56. The van der Waals surface area contributed by atoms with E-state index in [0.29, 0.717) is 6.04 Å². The van der Waals surface area contributed by atoms with Crippen molar-refractivity contribution in [1.82, 2.24) is 4.90 Å². The van der Waals surface area contributed by atoms with E-state index < -0.39 is 11.8 Å². The molecule has 1 aliphatic rings. The van der Waals surface area contributed by atoms with Gasteiger partial charge in [-0.1, -0.05) is 13.8 Å². The summed E-state index contributed by atoms with van der Waals surface area (Å²) in [6, 6.07) is 4.86. The molecule has 1 fully saturated rings. The Bertz CT molecular complexity index is 489. The molecule has 0 aliphatic carbocycles. The van der Waals surface area contributed by atoms with Crippen LogP contribution in [0.15, 0.2) is 18.2 Å². The number of hydrogen-bond acceptors (Lipinski definition) is 3. The summed E-state index contributed by atoms with van der Waals surface area (Å²) in [5, 5.41) is 8.84. The molecule has 0 amide bonds. The van der Waals surface area contributed by atoms with Crippen molar-refractivity contribution >= 4 is 11.7 Å². The summed E-state index contributed by atoms with van der Waals surface area (Å²) in [7, 11) is 0. The van der Waals surface area contributed by atoms with Gasteiger partial charge in [-0.25, -0.2) is 9.18 Å². The molecule has 1 N–H and O–H groups in total.